The van der Waals surface area contributed by atoms with Gasteiger partial charge in [-0.05, 0) is 33.6 Å². The fourth-order valence-electron chi connectivity index (χ4n) is 4.20. The molecule has 0 aromatic carbocycles. The molecule has 2 heterocycles. The van der Waals surface area contributed by atoms with Crippen LogP contribution < -0.4 is 0 Å². The molecule has 2 aliphatic heterocycles. The maximum absolute atomic E-state index is 13.2. The van der Waals surface area contributed by atoms with Crippen molar-refractivity contribution in [3.63, 3.8) is 0 Å². The number of hydrogen-bond donors (Lipinski definition) is 0. The zero-order valence-corrected chi connectivity index (χ0v) is 23.9. The Morgan fingerprint density at radius 1 is 0.745 bits per heavy atom. The lowest BCUT2D eigenvalue weighted by molar-refractivity contribution is -0.344. The summed E-state index contributed by atoms with van der Waals surface area (Å²) in [6.45, 7) is 5.37. The van der Waals surface area contributed by atoms with Gasteiger partial charge in [-0.3, -0.25) is 0 Å². The fourth-order valence-corrected chi connectivity index (χ4v) is 4.20. The van der Waals surface area contributed by atoms with Crippen molar-refractivity contribution in [3.05, 3.63) is 12.7 Å². The third-order valence-electron chi connectivity index (χ3n) is 6.57. The average Bonchev–Trinajstić information content (AvgIpc) is 3.31. The minimum atomic E-state index is -6.07. The van der Waals surface area contributed by atoms with Gasteiger partial charge in [0.25, 0.3) is 0 Å². The Morgan fingerprint density at radius 3 is 1.57 bits per heavy atom. The average molecular weight is 716 g/mol. The lowest BCUT2D eigenvalue weighted by Crippen LogP contribution is -2.65. The topological polar surface area (TPSA) is 133 Å². The van der Waals surface area contributed by atoms with Gasteiger partial charge in [-0.15, -0.1) is 6.58 Å². The van der Waals surface area contributed by atoms with Crippen LogP contribution in [0, 0.1) is 0 Å². The molecule has 2 fully saturated rings. The molecule has 0 radical (unpaired) electrons. The molecule has 270 valence electrons. The molecule has 0 bridgehead atoms. The molecule has 1 unspecified atom stereocenters. The zero-order valence-electron chi connectivity index (χ0n) is 23.9. The molecule has 0 aliphatic carbocycles. The van der Waals surface area contributed by atoms with Crippen molar-refractivity contribution in [1.29, 1.82) is 0 Å². The van der Waals surface area contributed by atoms with Crippen LogP contribution in [0.4, 0.5) is 52.7 Å². The molecule has 2 aliphatic rings. The summed E-state index contributed by atoms with van der Waals surface area (Å²) in [6.07, 6.45) is -38.9. The molecule has 0 aromatic rings. The molecule has 2 saturated heterocycles. The third kappa shape index (κ3) is 10.3. The molecule has 2 rings (SSSR count). The Morgan fingerprint density at radius 2 is 1.17 bits per heavy atom. The molecule has 11 nitrogen and oxygen atoms in total. The molecular formula is C24H24F12O11. The molecule has 0 amide bonds. The second kappa shape index (κ2) is 13.6. The van der Waals surface area contributed by atoms with E-state index in [9.17, 15) is 71.9 Å². The largest absolute Gasteiger partial charge is 0.490 e. The molecule has 0 aromatic heterocycles. The minimum Gasteiger partial charge on any atom is -0.456 e. The van der Waals surface area contributed by atoms with Crippen LogP contribution in [-0.2, 0) is 52.3 Å². The van der Waals surface area contributed by atoms with Crippen molar-refractivity contribution in [2.24, 2.45) is 0 Å². The fraction of sp³-hybridized carbons (Fsp3) is 0.750. The Bertz CT molecular complexity index is 1190. The summed E-state index contributed by atoms with van der Waals surface area (Å²) in [5, 5.41) is 0. The van der Waals surface area contributed by atoms with Crippen molar-refractivity contribution < 1.29 is 105 Å². The summed E-state index contributed by atoms with van der Waals surface area (Å²) < 4.78 is 189. The molecule has 7 atom stereocenters. The Hall–Kier alpha value is -3.34. The Balaban J connectivity index is 2.72. The quantitative estimate of drug-likeness (QED) is 0.148. The lowest BCUT2D eigenvalue weighted by Gasteiger charge is -2.47. The van der Waals surface area contributed by atoms with E-state index < -0.39 is 103 Å². The van der Waals surface area contributed by atoms with Gasteiger partial charge in [0, 0.05) is 0 Å². The van der Waals surface area contributed by atoms with E-state index in [4.69, 9.17) is 14.2 Å². The highest BCUT2D eigenvalue weighted by Crippen LogP contribution is 2.41. The van der Waals surface area contributed by atoms with E-state index in [0.717, 1.165) is 13.8 Å². The van der Waals surface area contributed by atoms with Gasteiger partial charge in [0.15, 0.2) is 24.6 Å². The summed E-state index contributed by atoms with van der Waals surface area (Å²) in [6, 6.07) is 0. The maximum Gasteiger partial charge on any atom is 0.490 e. The van der Waals surface area contributed by atoms with Gasteiger partial charge in [0.2, 0.25) is 0 Å². The first-order valence-corrected chi connectivity index (χ1v) is 12.7. The number of halogens is 12. The highest BCUT2D eigenvalue weighted by atomic mass is 19.4. The summed E-state index contributed by atoms with van der Waals surface area (Å²) in [5.41, 5.74) is -2.92. The van der Waals surface area contributed by atoms with Gasteiger partial charge < -0.3 is 33.2 Å². The van der Waals surface area contributed by atoms with Crippen LogP contribution in [0.15, 0.2) is 12.7 Å². The van der Waals surface area contributed by atoms with Gasteiger partial charge in [0.1, 0.15) is 12.7 Å². The zero-order chi connectivity index (χ0) is 36.6. The van der Waals surface area contributed by atoms with Gasteiger partial charge in [-0.1, -0.05) is 6.08 Å². The van der Waals surface area contributed by atoms with Crippen LogP contribution in [0.1, 0.15) is 33.6 Å². The van der Waals surface area contributed by atoms with Crippen LogP contribution in [0.25, 0.3) is 0 Å². The number of hydrogen-bond acceptors (Lipinski definition) is 11. The van der Waals surface area contributed by atoms with Crippen molar-refractivity contribution in [2.75, 3.05) is 6.61 Å². The predicted octanol–water partition coefficient (Wildman–Crippen LogP) is 4.16. The molecule has 47 heavy (non-hydrogen) atoms. The number of rotatable bonds is 9. The lowest BCUT2D eigenvalue weighted by atomic mass is 9.95. The van der Waals surface area contributed by atoms with Crippen molar-refractivity contribution >= 4 is 23.9 Å². The highest BCUT2D eigenvalue weighted by molar-refractivity contribution is 5.78. The van der Waals surface area contributed by atoms with Crippen LogP contribution >= 0.6 is 0 Å². The SMILES string of the molecule is C=C[C@@]1(C)CCC(C(C)(C)O[C@H]2O[C@@H](COC(=O)C(F)(F)F)[C@H](OC(=O)C(F)(F)F)[C@@H](OC(=O)C(F)(F)F)[C@@H]2OC(=O)C(F)(F)F)O1. The molecule has 23 heteroatoms. The van der Waals surface area contributed by atoms with Crippen LogP contribution in [0.2, 0.25) is 0 Å². The summed E-state index contributed by atoms with van der Waals surface area (Å²) in [4.78, 5) is 46.6. The standard InChI is InChI=1S/C24H24F12O11/c1-5-20(4)7-6-10(46-20)19(2,3)47-14-13(45-18(40)24(34,35)36)12(44-17(39)23(31,32)33)11(43-16(38)22(28,29)30)9(42-14)8-41-15(37)21(25,26)27/h5,9-14H,1,6-8H2,2-4H3/t9-,10?,11-,12+,13-,14+,20-/m0/s1. The number of carbonyl (C=O) groups excluding carboxylic acids is 4. The second-order valence-electron chi connectivity index (χ2n) is 10.6. The third-order valence-corrected chi connectivity index (χ3v) is 6.57. The van der Waals surface area contributed by atoms with E-state index in [1.165, 1.54) is 13.0 Å². The van der Waals surface area contributed by atoms with Crippen molar-refractivity contribution in [2.45, 2.75) is 106 Å². The number of ether oxygens (including phenoxy) is 7. The van der Waals surface area contributed by atoms with Crippen LogP contribution in [0.3, 0.4) is 0 Å². The Labute approximate surface area is 255 Å². The van der Waals surface area contributed by atoms with E-state index in [2.05, 4.69) is 25.5 Å². The van der Waals surface area contributed by atoms with Crippen molar-refractivity contribution in [1.82, 2.24) is 0 Å². The number of carbonyl (C=O) groups is 4. The molecule has 0 saturated carbocycles. The molecule has 0 spiro atoms. The smallest absolute Gasteiger partial charge is 0.456 e. The number of alkyl halides is 12. The van der Waals surface area contributed by atoms with Gasteiger partial charge >= 0.3 is 48.6 Å². The summed E-state index contributed by atoms with van der Waals surface area (Å²) >= 11 is 0. The normalized spacial score (nSPS) is 29.1. The number of esters is 4. The maximum atomic E-state index is 13.2. The van der Waals surface area contributed by atoms with E-state index in [0.29, 0.717) is 0 Å². The van der Waals surface area contributed by atoms with Gasteiger partial charge in [-0.25, -0.2) is 19.2 Å². The van der Waals surface area contributed by atoms with E-state index in [1.807, 2.05) is 0 Å². The second-order valence-corrected chi connectivity index (χ2v) is 10.6. The molecule has 0 N–H and O–H groups in total. The first-order chi connectivity index (χ1) is 21.0. The van der Waals surface area contributed by atoms with E-state index in [1.54, 1.807) is 0 Å². The summed E-state index contributed by atoms with van der Waals surface area (Å²) in [5.74, 6) is -13.1. The van der Waals surface area contributed by atoms with Crippen LogP contribution in [0.5, 0.6) is 0 Å². The first kappa shape index (κ1) is 39.8. The van der Waals surface area contributed by atoms with Gasteiger partial charge in [-0.2, -0.15) is 52.7 Å². The molecular weight excluding hydrogens is 692 g/mol. The summed E-state index contributed by atoms with van der Waals surface area (Å²) in [7, 11) is 0. The minimum absolute atomic E-state index is 0.0696. The van der Waals surface area contributed by atoms with E-state index >= 15 is 0 Å². The predicted molar refractivity (Wildman–Crippen MR) is 121 cm³/mol. The Kier molecular flexibility index (Phi) is 11.6. The van der Waals surface area contributed by atoms with Crippen molar-refractivity contribution in [3.8, 4) is 0 Å². The van der Waals surface area contributed by atoms with E-state index in [-0.39, 0.29) is 12.8 Å². The highest BCUT2D eigenvalue weighted by Gasteiger charge is 2.60. The monoisotopic (exact) mass is 716 g/mol. The van der Waals surface area contributed by atoms with Crippen LogP contribution in [-0.4, -0.2) is 103 Å². The first-order valence-electron chi connectivity index (χ1n) is 12.7. The van der Waals surface area contributed by atoms with Gasteiger partial charge in [0.05, 0.1) is 17.3 Å².